The number of aliphatic hydroxyl groups excluding tert-OH is 1. The molecule has 3 heterocycles. The molecule has 1 fully saturated rings. The number of anilines is 1. The number of piperidine rings is 1. The first kappa shape index (κ1) is 18.3. The van der Waals surface area contributed by atoms with E-state index < -0.39 is 6.10 Å². The van der Waals surface area contributed by atoms with Gasteiger partial charge in [-0.3, -0.25) is 9.59 Å². The molecule has 0 aliphatic carbocycles. The lowest BCUT2D eigenvalue weighted by Crippen LogP contribution is -2.54. The molecule has 28 heavy (non-hydrogen) atoms. The number of nitrogens with one attached hydrogen (secondary N) is 1. The molecule has 0 spiro atoms. The third-order valence-electron chi connectivity index (χ3n) is 4.69. The van der Waals surface area contributed by atoms with E-state index in [1.165, 1.54) is 20.9 Å². The lowest BCUT2D eigenvalue weighted by atomic mass is 10.0. The van der Waals surface area contributed by atoms with Crippen LogP contribution in [0.1, 0.15) is 16.8 Å². The van der Waals surface area contributed by atoms with Crippen molar-refractivity contribution in [2.24, 2.45) is 0 Å². The van der Waals surface area contributed by atoms with Crippen LogP contribution in [0.15, 0.2) is 29.6 Å². The number of rotatable bonds is 4. The maximum absolute atomic E-state index is 12.7. The maximum atomic E-state index is 12.7. The third-order valence-corrected chi connectivity index (χ3v) is 5.65. The summed E-state index contributed by atoms with van der Waals surface area (Å²) in [5.74, 6) is -0.452. The predicted molar refractivity (Wildman–Crippen MR) is 103 cm³/mol. The molecular weight excluding hydrogens is 382 g/mol. The van der Waals surface area contributed by atoms with E-state index in [4.69, 9.17) is 5.73 Å². The van der Waals surface area contributed by atoms with Crippen molar-refractivity contribution in [3.05, 3.63) is 35.2 Å². The van der Waals surface area contributed by atoms with E-state index in [9.17, 15) is 14.7 Å². The van der Waals surface area contributed by atoms with E-state index in [2.05, 4.69) is 20.8 Å². The van der Waals surface area contributed by atoms with Crippen LogP contribution in [0.3, 0.4) is 0 Å². The molecule has 4 N–H and O–H groups in total. The Morgan fingerprint density at radius 3 is 2.93 bits per heavy atom. The van der Waals surface area contributed by atoms with E-state index in [0.29, 0.717) is 18.5 Å². The zero-order valence-corrected chi connectivity index (χ0v) is 15.7. The van der Waals surface area contributed by atoms with E-state index >= 15 is 0 Å². The first-order valence-corrected chi connectivity index (χ1v) is 9.64. The summed E-state index contributed by atoms with van der Waals surface area (Å²) in [4.78, 5) is 26.8. The standard InChI is InChI=1S/C17H19N7O3S/c18-17-20-21-22-24(17)8-15(26)23-6-10(5-11(25)7-23)19-16(27)13-9-28-14-4-2-1-3-12(13)14/h1-4,9-11,25H,5-8H2,(H,19,27)(H2,18,20,22)/t10-,11+/m0/s1. The van der Waals surface area contributed by atoms with Crippen LogP contribution >= 0.6 is 11.3 Å². The van der Waals surface area contributed by atoms with Gasteiger partial charge < -0.3 is 21.1 Å². The molecule has 2 amide bonds. The largest absolute Gasteiger partial charge is 0.391 e. The van der Waals surface area contributed by atoms with E-state index in [1.807, 2.05) is 29.6 Å². The number of carbonyl (C=O) groups is 2. The summed E-state index contributed by atoms with van der Waals surface area (Å²) in [5, 5.41) is 26.4. The fourth-order valence-corrected chi connectivity index (χ4v) is 4.29. The van der Waals surface area contributed by atoms with Crippen molar-refractivity contribution < 1.29 is 14.7 Å². The van der Waals surface area contributed by atoms with Gasteiger partial charge in [0.1, 0.15) is 6.54 Å². The van der Waals surface area contributed by atoms with Gasteiger partial charge in [-0.2, -0.15) is 0 Å². The smallest absolute Gasteiger partial charge is 0.253 e. The quantitative estimate of drug-likeness (QED) is 0.553. The average Bonchev–Trinajstić information content (AvgIpc) is 3.27. The molecule has 11 heteroatoms. The molecule has 1 aliphatic rings. The van der Waals surface area contributed by atoms with Crippen molar-refractivity contribution in [2.45, 2.75) is 25.1 Å². The van der Waals surface area contributed by atoms with E-state index in [-0.39, 0.29) is 36.9 Å². The minimum atomic E-state index is -0.728. The van der Waals surface area contributed by atoms with Crippen molar-refractivity contribution in [2.75, 3.05) is 18.8 Å². The molecular formula is C17H19N7O3S. The van der Waals surface area contributed by atoms with Crippen LogP contribution < -0.4 is 11.1 Å². The zero-order chi connectivity index (χ0) is 19.7. The zero-order valence-electron chi connectivity index (χ0n) is 14.9. The minimum absolute atomic E-state index is 0.0418. The Bertz CT molecular complexity index is 1020. The summed E-state index contributed by atoms with van der Waals surface area (Å²) in [6.45, 7) is 0.363. The Kier molecular flexibility index (Phi) is 4.92. The van der Waals surface area contributed by atoms with Gasteiger partial charge in [-0.1, -0.05) is 23.3 Å². The number of aliphatic hydroxyl groups is 1. The number of tetrazole rings is 1. The number of likely N-dealkylation sites (tertiary alicyclic amines) is 1. The van der Waals surface area contributed by atoms with Gasteiger partial charge >= 0.3 is 0 Å². The molecule has 1 aromatic carbocycles. The Morgan fingerprint density at radius 2 is 2.14 bits per heavy atom. The second-order valence-electron chi connectivity index (χ2n) is 6.70. The molecule has 0 saturated carbocycles. The van der Waals surface area contributed by atoms with Crippen LogP contribution in [0.5, 0.6) is 0 Å². The number of hydrogen-bond donors (Lipinski definition) is 3. The molecule has 0 radical (unpaired) electrons. The number of β-amino-alcohol motifs (C(OH)–C–C–N with tert-alkyl or cyclic N) is 1. The van der Waals surface area contributed by atoms with Gasteiger partial charge in [0.25, 0.3) is 5.91 Å². The first-order chi connectivity index (χ1) is 13.5. The summed E-state index contributed by atoms with van der Waals surface area (Å²) >= 11 is 1.51. The Morgan fingerprint density at radius 1 is 1.32 bits per heavy atom. The van der Waals surface area contributed by atoms with Crippen LogP contribution in [0.25, 0.3) is 10.1 Å². The van der Waals surface area contributed by atoms with Crippen LogP contribution in [0.4, 0.5) is 5.95 Å². The fourth-order valence-electron chi connectivity index (χ4n) is 3.35. The van der Waals surface area contributed by atoms with Gasteiger partial charge in [0.05, 0.1) is 11.7 Å². The van der Waals surface area contributed by atoms with Crippen LogP contribution in [-0.4, -0.2) is 67.3 Å². The third kappa shape index (κ3) is 3.66. The number of amides is 2. The summed E-state index contributed by atoms with van der Waals surface area (Å²) < 4.78 is 2.22. The number of hydrogen-bond acceptors (Lipinski definition) is 8. The van der Waals surface area contributed by atoms with E-state index in [1.54, 1.807) is 0 Å². The van der Waals surface area contributed by atoms with Gasteiger partial charge in [0.2, 0.25) is 11.9 Å². The molecule has 146 valence electrons. The molecule has 0 bridgehead atoms. The van der Waals surface area contributed by atoms with Gasteiger partial charge in [0, 0.05) is 34.6 Å². The molecule has 3 aromatic rings. The SMILES string of the molecule is Nc1nnnn1CC(=O)N1C[C@H](O)C[C@H](NC(=O)c2csc3ccccc23)C1. The van der Waals surface area contributed by atoms with Crippen molar-refractivity contribution in [3.63, 3.8) is 0 Å². The summed E-state index contributed by atoms with van der Waals surface area (Å²) in [7, 11) is 0. The molecule has 10 nitrogen and oxygen atoms in total. The number of carbonyl (C=O) groups excluding carboxylic acids is 2. The first-order valence-electron chi connectivity index (χ1n) is 8.76. The fraction of sp³-hybridized carbons (Fsp3) is 0.353. The second-order valence-corrected chi connectivity index (χ2v) is 7.61. The van der Waals surface area contributed by atoms with Crippen LogP contribution in [0, 0.1) is 0 Å². The molecule has 1 saturated heterocycles. The highest BCUT2D eigenvalue weighted by molar-refractivity contribution is 7.17. The molecule has 4 rings (SSSR count). The molecule has 1 aliphatic heterocycles. The number of aromatic nitrogens is 4. The number of nitrogens with two attached hydrogens (primary N) is 1. The Hall–Kier alpha value is -3.05. The number of thiophene rings is 1. The predicted octanol–water partition coefficient (Wildman–Crippen LogP) is -0.138. The molecule has 2 atom stereocenters. The van der Waals surface area contributed by atoms with Crippen molar-refractivity contribution in [1.82, 2.24) is 30.4 Å². The van der Waals surface area contributed by atoms with Gasteiger partial charge in [-0.05, 0) is 22.9 Å². The topological polar surface area (TPSA) is 139 Å². The average molecular weight is 401 g/mol. The summed E-state index contributed by atoms with van der Waals surface area (Å²) in [5.41, 5.74) is 6.19. The molecule has 2 aromatic heterocycles. The highest BCUT2D eigenvalue weighted by Gasteiger charge is 2.30. The Labute approximate surface area is 163 Å². The van der Waals surface area contributed by atoms with Gasteiger partial charge in [0.15, 0.2) is 0 Å². The van der Waals surface area contributed by atoms with Crippen molar-refractivity contribution >= 4 is 39.2 Å². The monoisotopic (exact) mass is 401 g/mol. The van der Waals surface area contributed by atoms with Crippen LogP contribution in [-0.2, 0) is 11.3 Å². The molecule has 0 unspecified atom stereocenters. The van der Waals surface area contributed by atoms with E-state index in [0.717, 1.165) is 10.1 Å². The number of benzene rings is 1. The Balaban J connectivity index is 1.44. The highest BCUT2D eigenvalue weighted by atomic mass is 32.1. The lowest BCUT2D eigenvalue weighted by molar-refractivity contribution is -0.135. The van der Waals surface area contributed by atoms with Crippen molar-refractivity contribution in [1.29, 1.82) is 0 Å². The number of fused-ring (bicyclic) bond motifs is 1. The minimum Gasteiger partial charge on any atom is -0.391 e. The normalized spacial score (nSPS) is 19.7. The van der Waals surface area contributed by atoms with Gasteiger partial charge in [-0.15, -0.1) is 11.3 Å². The second kappa shape index (κ2) is 7.52. The van der Waals surface area contributed by atoms with Gasteiger partial charge in [-0.25, -0.2) is 4.68 Å². The number of nitrogens with zero attached hydrogens (tertiary/aromatic N) is 5. The highest BCUT2D eigenvalue weighted by Crippen LogP contribution is 2.25. The number of nitrogen functional groups attached to an aromatic ring is 1. The maximum Gasteiger partial charge on any atom is 0.253 e. The lowest BCUT2D eigenvalue weighted by Gasteiger charge is -2.36. The van der Waals surface area contributed by atoms with Crippen LogP contribution in [0.2, 0.25) is 0 Å². The van der Waals surface area contributed by atoms with Crippen molar-refractivity contribution in [3.8, 4) is 0 Å². The summed E-state index contributed by atoms with van der Waals surface area (Å²) in [6, 6.07) is 7.33. The summed E-state index contributed by atoms with van der Waals surface area (Å²) in [6.07, 6.45) is -0.349.